The second-order valence-electron chi connectivity index (χ2n) is 0.640. The van der Waals surface area contributed by atoms with Crippen molar-refractivity contribution < 1.29 is 14.3 Å². The SMILES string of the molecule is F.O=C=NCN=C=O. The van der Waals surface area contributed by atoms with Crippen molar-refractivity contribution >= 4 is 12.2 Å². The van der Waals surface area contributed by atoms with Gasteiger partial charge in [-0.1, -0.05) is 0 Å². The number of carbonyl (C=O) groups excluding carboxylic acids is 2. The molecule has 0 rings (SSSR count). The van der Waals surface area contributed by atoms with Crippen LogP contribution in [0.1, 0.15) is 0 Å². The molecule has 0 aliphatic rings. The van der Waals surface area contributed by atoms with E-state index in [4.69, 9.17) is 0 Å². The standard InChI is InChI=1S/C3H2N2O2.FH/c6-2-4-1-5-3-7;/h1H2;1H. The molecule has 0 aromatic carbocycles. The number of rotatable bonds is 2. The van der Waals surface area contributed by atoms with E-state index in [9.17, 15) is 9.59 Å². The van der Waals surface area contributed by atoms with Crippen molar-refractivity contribution in [2.75, 3.05) is 6.67 Å². The molecule has 5 heteroatoms. The molecular weight excluding hydrogens is 115 g/mol. The maximum atomic E-state index is 9.20. The molecule has 0 fully saturated rings. The molecule has 44 valence electrons. The van der Waals surface area contributed by atoms with Gasteiger partial charge < -0.3 is 0 Å². The predicted molar refractivity (Wildman–Crippen MR) is 23.6 cm³/mol. The van der Waals surface area contributed by atoms with Gasteiger partial charge in [-0.15, -0.1) is 0 Å². The van der Waals surface area contributed by atoms with Gasteiger partial charge in [0.05, 0.1) is 0 Å². The quantitative estimate of drug-likeness (QED) is 0.371. The third-order valence-corrected chi connectivity index (χ3v) is 0.271. The predicted octanol–water partition coefficient (Wildman–Crippen LogP) is -0.232. The van der Waals surface area contributed by atoms with Crippen LogP contribution in [0, 0.1) is 0 Å². The number of halogens is 1. The summed E-state index contributed by atoms with van der Waals surface area (Å²) in [7, 11) is 0. The summed E-state index contributed by atoms with van der Waals surface area (Å²) >= 11 is 0. The number of hydrogen-bond acceptors (Lipinski definition) is 4. The molecule has 4 nitrogen and oxygen atoms in total. The van der Waals surface area contributed by atoms with Crippen LogP contribution in [-0.4, -0.2) is 18.8 Å². The van der Waals surface area contributed by atoms with E-state index in [1.807, 2.05) is 0 Å². The highest BCUT2D eigenvalue weighted by atomic mass is 19.0. The van der Waals surface area contributed by atoms with Crippen LogP contribution in [0.2, 0.25) is 0 Å². The van der Waals surface area contributed by atoms with Gasteiger partial charge >= 0.3 is 0 Å². The number of nitrogens with zero attached hydrogens (tertiary/aromatic N) is 2. The Morgan fingerprint density at radius 2 is 1.50 bits per heavy atom. The lowest BCUT2D eigenvalue weighted by Gasteiger charge is -1.63. The fourth-order valence-electron chi connectivity index (χ4n) is 0.0931. The van der Waals surface area contributed by atoms with Crippen LogP contribution < -0.4 is 0 Å². The first-order valence-electron chi connectivity index (χ1n) is 1.49. The van der Waals surface area contributed by atoms with E-state index in [0.29, 0.717) is 0 Å². The molecule has 0 aliphatic carbocycles. The monoisotopic (exact) mass is 118 g/mol. The van der Waals surface area contributed by atoms with E-state index in [-0.39, 0.29) is 11.4 Å². The zero-order chi connectivity index (χ0) is 5.54. The molecule has 0 saturated carbocycles. The van der Waals surface area contributed by atoms with Crippen molar-refractivity contribution in [2.24, 2.45) is 9.98 Å². The van der Waals surface area contributed by atoms with Crippen molar-refractivity contribution in [3.05, 3.63) is 0 Å². The van der Waals surface area contributed by atoms with E-state index in [0.717, 1.165) is 0 Å². The molecular formula is C3H3FN2O2. The molecule has 0 N–H and O–H groups in total. The molecule has 0 radical (unpaired) electrons. The summed E-state index contributed by atoms with van der Waals surface area (Å²) in [6.07, 6.45) is 2.41. The minimum atomic E-state index is -0.160. The summed E-state index contributed by atoms with van der Waals surface area (Å²) in [6.45, 7) is -0.160. The molecule has 0 atom stereocenters. The van der Waals surface area contributed by atoms with Crippen molar-refractivity contribution in [1.82, 2.24) is 0 Å². The van der Waals surface area contributed by atoms with E-state index in [2.05, 4.69) is 9.98 Å². The largest absolute Gasteiger partial charge is 0.269 e. The normalized spacial score (nSPS) is 5.00. The van der Waals surface area contributed by atoms with Crippen molar-refractivity contribution in [1.29, 1.82) is 0 Å². The van der Waals surface area contributed by atoms with Crippen LogP contribution in [0.5, 0.6) is 0 Å². The Bertz CT molecular complexity index is 118. The van der Waals surface area contributed by atoms with E-state index < -0.39 is 0 Å². The second-order valence-corrected chi connectivity index (χ2v) is 0.640. The van der Waals surface area contributed by atoms with Gasteiger partial charge in [0.2, 0.25) is 12.2 Å². The Morgan fingerprint density at radius 1 is 1.12 bits per heavy atom. The minimum Gasteiger partial charge on any atom is -0.269 e. The fraction of sp³-hybridized carbons (Fsp3) is 0.333. The fourth-order valence-corrected chi connectivity index (χ4v) is 0.0931. The molecule has 0 aliphatic heterocycles. The summed E-state index contributed by atoms with van der Waals surface area (Å²) in [4.78, 5) is 24.2. The average Bonchev–Trinajstić information content (AvgIpc) is 1.69. The van der Waals surface area contributed by atoms with Crippen LogP contribution >= 0.6 is 0 Å². The third-order valence-electron chi connectivity index (χ3n) is 0.271. The highest BCUT2D eigenvalue weighted by Crippen LogP contribution is 1.61. The van der Waals surface area contributed by atoms with Crippen LogP contribution in [0.3, 0.4) is 0 Å². The molecule has 0 aromatic heterocycles. The van der Waals surface area contributed by atoms with E-state index in [1.165, 1.54) is 12.2 Å². The maximum Gasteiger partial charge on any atom is 0.236 e. The molecule has 8 heavy (non-hydrogen) atoms. The summed E-state index contributed by atoms with van der Waals surface area (Å²) < 4.78 is 0. The van der Waals surface area contributed by atoms with Gasteiger partial charge in [0.25, 0.3) is 0 Å². The first-order chi connectivity index (χ1) is 3.41. The second kappa shape index (κ2) is 9.19. The van der Waals surface area contributed by atoms with Gasteiger partial charge in [0, 0.05) is 0 Å². The zero-order valence-electron chi connectivity index (χ0n) is 3.83. The van der Waals surface area contributed by atoms with Gasteiger partial charge in [-0.2, -0.15) is 9.98 Å². The van der Waals surface area contributed by atoms with Crippen molar-refractivity contribution in [3.63, 3.8) is 0 Å². The Balaban J connectivity index is 0. The van der Waals surface area contributed by atoms with Gasteiger partial charge in [0.15, 0.2) is 6.67 Å². The lowest BCUT2D eigenvalue weighted by Crippen LogP contribution is -1.66. The van der Waals surface area contributed by atoms with Gasteiger partial charge in [-0.25, -0.2) is 9.59 Å². The topological polar surface area (TPSA) is 58.9 Å². The third kappa shape index (κ3) is 8.83. The summed E-state index contributed by atoms with van der Waals surface area (Å²) in [5.74, 6) is 0. The number of hydrogen-bond donors (Lipinski definition) is 0. The van der Waals surface area contributed by atoms with Gasteiger partial charge in [-0.3, -0.25) is 4.70 Å². The highest BCUT2D eigenvalue weighted by Gasteiger charge is 1.63. The lowest BCUT2D eigenvalue weighted by molar-refractivity contribution is 0.560. The molecule has 0 heterocycles. The first kappa shape index (κ1) is 9.85. The maximum absolute atomic E-state index is 9.20. The summed E-state index contributed by atoms with van der Waals surface area (Å²) in [5, 5.41) is 0. The van der Waals surface area contributed by atoms with Crippen LogP contribution in [-0.2, 0) is 9.59 Å². The van der Waals surface area contributed by atoms with Crippen molar-refractivity contribution in [2.45, 2.75) is 0 Å². The van der Waals surface area contributed by atoms with Gasteiger partial charge in [0.1, 0.15) is 0 Å². The lowest BCUT2D eigenvalue weighted by atomic mass is 11.1. The Kier molecular flexibility index (Phi) is 11.3. The molecule has 0 bridgehead atoms. The van der Waals surface area contributed by atoms with Crippen LogP contribution in [0.25, 0.3) is 0 Å². The Hall–Kier alpha value is -1.31. The first-order valence-corrected chi connectivity index (χ1v) is 1.49. The molecule has 0 unspecified atom stereocenters. The van der Waals surface area contributed by atoms with E-state index in [1.54, 1.807) is 0 Å². The molecule has 0 saturated heterocycles. The van der Waals surface area contributed by atoms with E-state index >= 15 is 0 Å². The zero-order valence-corrected chi connectivity index (χ0v) is 3.83. The smallest absolute Gasteiger partial charge is 0.236 e. The summed E-state index contributed by atoms with van der Waals surface area (Å²) in [6, 6.07) is 0. The average molecular weight is 118 g/mol. The number of aliphatic imine (C=N–C) groups is 2. The summed E-state index contributed by atoms with van der Waals surface area (Å²) in [5.41, 5.74) is 0. The molecule has 0 amide bonds. The van der Waals surface area contributed by atoms with Crippen molar-refractivity contribution in [3.8, 4) is 0 Å². The molecule has 0 aromatic rings. The Morgan fingerprint density at radius 3 is 1.75 bits per heavy atom. The van der Waals surface area contributed by atoms with Crippen LogP contribution in [0.4, 0.5) is 4.70 Å². The van der Waals surface area contributed by atoms with Gasteiger partial charge in [-0.05, 0) is 0 Å². The van der Waals surface area contributed by atoms with Crippen LogP contribution in [0.15, 0.2) is 9.98 Å². The highest BCUT2D eigenvalue weighted by molar-refractivity contribution is 5.35. The minimum absolute atomic E-state index is 0. The number of isocyanates is 2. The Labute approximate surface area is 44.3 Å². The molecule has 0 spiro atoms.